The summed E-state index contributed by atoms with van der Waals surface area (Å²) in [4.78, 5) is 103. The van der Waals surface area contributed by atoms with E-state index in [0.29, 0.717) is 23.3 Å². The molecule has 24 heteroatoms. The fourth-order valence-corrected chi connectivity index (χ4v) is 11.4. The van der Waals surface area contributed by atoms with Crippen molar-refractivity contribution in [3.8, 4) is 11.5 Å². The van der Waals surface area contributed by atoms with Crippen molar-refractivity contribution in [1.29, 1.82) is 0 Å². The van der Waals surface area contributed by atoms with Crippen LogP contribution in [-0.2, 0) is 51.2 Å². The maximum absolute atomic E-state index is 13.7. The number of phenols is 2. The number of phenolic OH excluding ortho intramolecular Hbond substituents is 2. The number of carbonyl (C=O) groups is 8. The number of anilines is 2. The molecule has 0 heterocycles. The minimum Gasteiger partial charge on any atom is -0.508 e. The van der Waals surface area contributed by atoms with Gasteiger partial charge in [-0.25, -0.2) is 9.59 Å². The van der Waals surface area contributed by atoms with Gasteiger partial charge in [-0.2, -0.15) is 0 Å². The summed E-state index contributed by atoms with van der Waals surface area (Å²) in [7, 11) is 13.5. The highest BCUT2D eigenvalue weighted by molar-refractivity contribution is 6.25. The second kappa shape index (κ2) is 19.8. The lowest BCUT2D eigenvalue weighted by atomic mass is 9.57. The fraction of sp³-hybridized carbons (Fsp3) is 0.400. The van der Waals surface area contributed by atoms with Crippen LogP contribution in [0.3, 0.4) is 0 Å². The molecule has 0 aromatic heterocycles. The Balaban J connectivity index is 0.000000210. The van der Waals surface area contributed by atoms with Crippen molar-refractivity contribution in [2.45, 2.75) is 49.0 Å². The number of hydrogen-bond donors (Lipinski definition) is 12. The molecule has 24 nitrogen and oxygen atoms in total. The maximum atomic E-state index is 13.7. The standard InChI is InChI=1S/2C23H27N3O7.C4H4O4/c2*1-25(2)12-5-6-13(27)15-10(12)7-9-8-11-17(26(3)4)19(29)16(22(24)32)21(31)23(11,33)20(30)14(9)18(15)28;5-3(6)1-2-4(7)8/h2*5-6,9,11,17,27-28,31,33H,7-8H2,1-4H3,(H2,24,32);1-2H,(H,5,6)(H,7,8)/b;;2-1+/t2*9-,11-,17-,23-;/m00./s1. The van der Waals surface area contributed by atoms with Gasteiger partial charge in [0.2, 0.25) is 11.6 Å². The number of nitrogens with two attached hydrogens (primary N) is 2. The largest absolute Gasteiger partial charge is 0.508 e. The number of aliphatic hydroxyl groups excluding tert-OH is 4. The molecule has 0 unspecified atom stereocenters. The molecular formula is C50H58N6O18. The van der Waals surface area contributed by atoms with E-state index in [9.17, 15) is 79.2 Å². The smallest absolute Gasteiger partial charge is 0.328 e. The number of rotatable bonds is 8. The number of aliphatic carboxylic acids is 2. The first-order chi connectivity index (χ1) is 34.3. The first kappa shape index (κ1) is 55.3. The van der Waals surface area contributed by atoms with Crippen LogP contribution in [-0.4, -0.2) is 187 Å². The molecule has 2 saturated carbocycles. The average molecular weight is 1030 g/mol. The normalized spacial score (nSPS) is 27.0. The number of hydrogen-bond acceptors (Lipinski definition) is 20. The number of nitrogens with zero attached hydrogens (tertiary/aromatic N) is 4. The number of likely N-dealkylation sites (N-methyl/N-ethyl adjacent to an activating group) is 2. The van der Waals surface area contributed by atoms with Gasteiger partial charge >= 0.3 is 11.9 Å². The first-order valence-corrected chi connectivity index (χ1v) is 22.8. The SMILES string of the molecule is CN(C)c1ccc(O)c2c1C[C@H]1C[C@H]3[C@H](N(C)C)C(=O)C(C(N)=O)=C(O)[C@@]3(O)C(=O)C1=C2O.CN(C)c1ccc(O)c2c1C[C@H]1C[C@H]3[C@H](N(C)C)C(=O)C(C(N)=O)=C(O)[C@@]3(O)C(=O)C1=C2O.O=C(O)/C=C/C(=O)O. The van der Waals surface area contributed by atoms with Gasteiger partial charge in [0.15, 0.2) is 22.8 Å². The maximum Gasteiger partial charge on any atom is 0.328 e. The van der Waals surface area contributed by atoms with E-state index in [1.54, 1.807) is 40.3 Å². The molecule has 2 aromatic rings. The van der Waals surface area contributed by atoms with Crippen molar-refractivity contribution in [2.24, 2.45) is 35.1 Å². The topological polar surface area (TPSA) is 404 Å². The molecular weight excluding hydrogens is 973 g/mol. The lowest BCUT2D eigenvalue weighted by Crippen LogP contribution is -2.65. The molecule has 8 rings (SSSR count). The fourth-order valence-electron chi connectivity index (χ4n) is 11.4. The van der Waals surface area contributed by atoms with Crippen LogP contribution in [0.2, 0.25) is 0 Å². The number of carbonyl (C=O) groups excluding carboxylic acids is 6. The molecule has 2 fully saturated rings. The van der Waals surface area contributed by atoms with Crippen molar-refractivity contribution in [2.75, 3.05) is 66.2 Å². The Labute approximate surface area is 422 Å². The third kappa shape index (κ3) is 8.67. The predicted octanol–water partition coefficient (Wildman–Crippen LogP) is -0.228. The van der Waals surface area contributed by atoms with Crippen LogP contribution in [0.25, 0.3) is 11.5 Å². The number of ketones is 4. The number of carboxylic acids is 2. The van der Waals surface area contributed by atoms with Crippen LogP contribution in [0.15, 0.2) is 70.2 Å². The van der Waals surface area contributed by atoms with E-state index in [4.69, 9.17) is 21.7 Å². The highest BCUT2D eigenvalue weighted by Crippen LogP contribution is 2.55. The van der Waals surface area contributed by atoms with Crippen LogP contribution in [0, 0.1) is 23.7 Å². The van der Waals surface area contributed by atoms with E-state index in [-0.39, 0.29) is 59.5 Å². The number of fused-ring (bicyclic) bond motifs is 6. The van der Waals surface area contributed by atoms with Gasteiger partial charge in [-0.15, -0.1) is 0 Å². The molecule has 0 radical (unpaired) electrons. The first-order valence-electron chi connectivity index (χ1n) is 22.8. The van der Waals surface area contributed by atoms with Crippen molar-refractivity contribution in [3.05, 3.63) is 92.5 Å². The van der Waals surface area contributed by atoms with Gasteiger partial charge in [-0.05, 0) is 101 Å². The molecule has 2 amide bonds. The van der Waals surface area contributed by atoms with Crippen molar-refractivity contribution >= 4 is 69.8 Å². The van der Waals surface area contributed by atoms with Crippen LogP contribution < -0.4 is 21.3 Å². The summed E-state index contributed by atoms with van der Waals surface area (Å²) < 4.78 is 0. The molecule has 0 spiro atoms. The van der Waals surface area contributed by atoms with Crippen LogP contribution in [0.5, 0.6) is 11.5 Å². The van der Waals surface area contributed by atoms with E-state index < -0.39 is 128 Å². The number of benzene rings is 2. The molecule has 6 aliphatic carbocycles. The van der Waals surface area contributed by atoms with Crippen molar-refractivity contribution in [3.63, 3.8) is 0 Å². The van der Waals surface area contributed by atoms with Crippen LogP contribution in [0.4, 0.5) is 11.4 Å². The van der Waals surface area contributed by atoms with E-state index in [2.05, 4.69) is 0 Å². The van der Waals surface area contributed by atoms with Crippen molar-refractivity contribution < 1.29 is 89.4 Å². The van der Waals surface area contributed by atoms with Gasteiger partial charge in [0.1, 0.15) is 45.7 Å². The van der Waals surface area contributed by atoms with Gasteiger partial charge in [0, 0.05) is 74.7 Å². The Kier molecular flexibility index (Phi) is 14.7. The Morgan fingerprint density at radius 1 is 0.554 bits per heavy atom. The summed E-state index contributed by atoms with van der Waals surface area (Å²) in [6.45, 7) is 0. The summed E-state index contributed by atoms with van der Waals surface area (Å²) >= 11 is 0. The highest BCUT2D eigenvalue weighted by atomic mass is 16.4. The average Bonchev–Trinajstić information content (AvgIpc) is 3.28. The third-order valence-corrected chi connectivity index (χ3v) is 14.5. The molecule has 0 bridgehead atoms. The zero-order valence-electron chi connectivity index (χ0n) is 41.4. The van der Waals surface area contributed by atoms with Crippen LogP contribution in [0.1, 0.15) is 35.1 Å². The molecule has 2 aromatic carbocycles. The summed E-state index contributed by atoms with van der Waals surface area (Å²) in [6.07, 6.45) is 1.76. The number of carboxylic acid groups (broad SMARTS) is 2. The molecule has 74 heavy (non-hydrogen) atoms. The zero-order chi connectivity index (χ0) is 55.7. The molecule has 396 valence electrons. The number of amides is 2. The van der Waals surface area contributed by atoms with Gasteiger partial charge in [0.05, 0.1) is 23.2 Å². The van der Waals surface area contributed by atoms with E-state index in [0.717, 1.165) is 11.4 Å². The lowest BCUT2D eigenvalue weighted by molar-refractivity contribution is -0.155. The van der Waals surface area contributed by atoms with E-state index >= 15 is 0 Å². The van der Waals surface area contributed by atoms with Gasteiger partial charge < -0.3 is 72.3 Å². The molecule has 0 aliphatic heterocycles. The molecule has 14 N–H and O–H groups in total. The highest BCUT2D eigenvalue weighted by Gasteiger charge is 2.66. The van der Waals surface area contributed by atoms with Crippen molar-refractivity contribution in [1.82, 2.24) is 9.80 Å². The molecule has 8 atom stereocenters. The summed E-state index contributed by atoms with van der Waals surface area (Å²) in [5.41, 5.74) is 6.30. The Morgan fingerprint density at radius 3 is 1.12 bits per heavy atom. The lowest BCUT2D eigenvalue weighted by Gasteiger charge is -2.50. The summed E-state index contributed by atoms with van der Waals surface area (Å²) in [5, 5.41) is 103. The Hall–Kier alpha value is -8.06. The Morgan fingerprint density at radius 2 is 0.865 bits per heavy atom. The number of aromatic hydroxyl groups is 2. The van der Waals surface area contributed by atoms with Gasteiger partial charge in [-0.3, -0.25) is 38.6 Å². The number of aliphatic hydroxyl groups is 6. The summed E-state index contributed by atoms with van der Waals surface area (Å²) in [5.74, 6) is -15.6. The Bertz CT molecular complexity index is 2800. The minimum absolute atomic E-state index is 0.0638. The number of Topliss-reactive ketones (excluding diaryl/α,β-unsaturated/α-hetero) is 4. The zero-order valence-corrected chi connectivity index (χ0v) is 41.4. The monoisotopic (exact) mass is 1030 g/mol. The molecule has 0 saturated heterocycles. The predicted molar refractivity (Wildman–Crippen MR) is 262 cm³/mol. The molecule has 6 aliphatic rings. The second-order valence-electron chi connectivity index (χ2n) is 19.6. The second-order valence-corrected chi connectivity index (χ2v) is 19.6. The van der Waals surface area contributed by atoms with Crippen LogP contribution >= 0.6 is 0 Å². The third-order valence-electron chi connectivity index (χ3n) is 14.5. The van der Waals surface area contributed by atoms with E-state index in [1.165, 1.54) is 21.9 Å². The van der Waals surface area contributed by atoms with Gasteiger partial charge in [-0.1, -0.05) is 0 Å². The summed E-state index contributed by atoms with van der Waals surface area (Å²) in [6, 6.07) is 4.02. The number of primary amides is 2. The minimum atomic E-state index is -2.63. The quantitative estimate of drug-likeness (QED) is 0.120. The van der Waals surface area contributed by atoms with Gasteiger partial charge in [0.25, 0.3) is 11.8 Å². The van der Waals surface area contributed by atoms with E-state index in [1.807, 2.05) is 38.0 Å².